The molecule has 96 valence electrons. The van der Waals surface area contributed by atoms with Gasteiger partial charge in [-0.05, 0) is 6.07 Å². The van der Waals surface area contributed by atoms with E-state index in [0.29, 0.717) is 0 Å². The molecule has 0 aliphatic heterocycles. The zero-order valence-electron chi connectivity index (χ0n) is 9.16. The van der Waals surface area contributed by atoms with Crippen LogP contribution >= 0.6 is 0 Å². The Balaban J connectivity index is 2.74. The van der Waals surface area contributed by atoms with Gasteiger partial charge in [0.05, 0.1) is 22.2 Å². The summed E-state index contributed by atoms with van der Waals surface area (Å²) in [6, 6.07) is 1.51. The second kappa shape index (κ2) is 4.60. The molecule has 2 aromatic heterocycles. The molecular formula is C9H5N5O5. The molecule has 0 unspecified atom stereocenters. The standard InChI is InChI=1S/C9H5N5O5/c15-8-6(13(16)17)4-12(5-7(8)14(18)19)9-10-2-1-3-11-9/h1-5H. The first-order valence-corrected chi connectivity index (χ1v) is 4.83. The highest BCUT2D eigenvalue weighted by atomic mass is 16.6. The van der Waals surface area contributed by atoms with Crippen LogP contribution in [0.3, 0.4) is 0 Å². The van der Waals surface area contributed by atoms with Crippen LogP contribution in [0.2, 0.25) is 0 Å². The Morgan fingerprint density at radius 1 is 1.00 bits per heavy atom. The number of hydrogen-bond acceptors (Lipinski definition) is 7. The average molecular weight is 263 g/mol. The van der Waals surface area contributed by atoms with Crippen LogP contribution in [0.4, 0.5) is 11.4 Å². The van der Waals surface area contributed by atoms with E-state index in [1.54, 1.807) is 0 Å². The van der Waals surface area contributed by atoms with Gasteiger partial charge in [0.1, 0.15) is 0 Å². The predicted octanol–water partition coefficient (Wildman–Crippen LogP) is 0.444. The van der Waals surface area contributed by atoms with Crippen LogP contribution in [-0.4, -0.2) is 24.4 Å². The summed E-state index contributed by atoms with van der Waals surface area (Å²) in [5, 5.41) is 21.4. The van der Waals surface area contributed by atoms with Crippen LogP contribution in [0, 0.1) is 20.2 Å². The third kappa shape index (κ3) is 2.26. The highest BCUT2D eigenvalue weighted by molar-refractivity contribution is 5.41. The van der Waals surface area contributed by atoms with Gasteiger partial charge in [0.15, 0.2) is 0 Å². The van der Waals surface area contributed by atoms with Crippen molar-refractivity contribution in [3.8, 4) is 5.95 Å². The Bertz CT molecular complexity index is 672. The summed E-state index contributed by atoms with van der Waals surface area (Å²) in [6.45, 7) is 0. The predicted molar refractivity (Wildman–Crippen MR) is 60.9 cm³/mol. The quantitative estimate of drug-likeness (QED) is 0.579. The second-order valence-electron chi connectivity index (χ2n) is 3.33. The molecule has 10 nitrogen and oxygen atoms in total. The second-order valence-corrected chi connectivity index (χ2v) is 3.33. The van der Waals surface area contributed by atoms with Crippen molar-refractivity contribution in [3.63, 3.8) is 0 Å². The summed E-state index contributed by atoms with van der Waals surface area (Å²) in [4.78, 5) is 38.5. The Morgan fingerprint density at radius 3 is 1.89 bits per heavy atom. The monoisotopic (exact) mass is 263 g/mol. The molecule has 2 aromatic rings. The van der Waals surface area contributed by atoms with Crippen molar-refractivity contribution in [1.82, 2.24) is 14.5 Å². The molecule has 2 rings (SSSR count). The van der Waals surface area contributed by atoms with Gasteiger partial charge in [-0.1, -0.05) is 0 Å². The number of nitrogens with zero attached hydrogens (tertiary/aromatic N) is 5. The first-order chi connectivity index (χ1) is 9.00. The fourth-order valence-corrected chi connectivity index (χ4v) is 1.35. The van der Waals surface area contributed by atoms with Crippen LogP contribution in [-0.2, 0) is 0 Å². The van der Waals surface area contributed by atoms with Gasteiger partial charge in [-0.15, -0.1) is 0 Å². The van der Waals surface area contributed by atoms with Gasteiger partial charge in [-0.2, -0.15) is 0 Å². The summed E-state index contributed by atoms with van der Waals surface area (Å²) in [6.07, 6.45) is 4.39. The SMILES string of the molecule is O=c1c([N+](=O)[O-])cn(-c2ncccn2)cc1[N+](=O)[O-]. The molecule has 19 heavy (non-hydrogen) atoms. The fourth-order valence-electron chi connectivity index (χ4n) is 1.35. The maximum atomic E-state index is 11.5. The highest BCUT2D eigenvalue weighted by Crippen LogP contribution is 2.13. The number of aromatic nitrogens is 3. The molecule has 0 bridgehead atoms. The minimum Gasteiger partial charge on any atom is -0.279 e. The van der Waals surface area contributed by atoms with Crippen LogP contribution in [0.25, 0.3) is 5.95 Å². The first-order valence-electron chi connectivity index (χ1n) is 4.83. The molecule has 0 fully saturated rings. The van der Waals surface area contributed by atoms with Crippen molar-refractivity contribution in [2.45, 2.75) is 0 Å². The highest BCUT2D eigenvalue weighted by Gasteiger charge is 2.25. The summed E-state index contributed by atoms with van der Waals surface area (Å²) >= 11 is 0. The van der Waals surface area contributed by atoms with Gasteiger partial charge in [0.2, 0.25) is 5.95 Å². The molecule has 0 aliphatic rings. The Hall–Kier alpha value is -3.17. The Morgan fingerprint density at radius 2 is 1.47 bits per heavy atom. The van der Waals surface area contributed by atoms with Crippen LogP contribution < -0.4 is 5.43 Å². The van der Waals surface area contributed by atoms with E-state index < -0.39 is 26.7 Å². The van der Waals surface area contributed by atoms with E-state index in [9.17, 15) is 25.0 Å². The topological polar surface area (TPSA) is 134 Å². The summed E-state index contributed by atoms with van der Waals surface area (Å²) in [5.74, 6) is -0.0197. The summed E-state index contributed by atoms with van der Waals surface area (Å²) < 4.78 is 0.956. The third-order valence-electron chi connectivity index (χ3n) is 2.16. The molecule has 0 atom stereocenters. The molecular weight excluding hydrogens is 258 g/mol. The summed E-state index contributed by atoms with van der Waals surface area (Å²) in [7, 11) is 0. The average Bonchev–Trinajstić information content (AvgIpc) is 2.39. The molecule has 0 aliphatic carbocycles. The molecule has 0 radical (unpaired) electrons. The van der Waals surface area contributed by atoms with Crippen molar-refractivity contribution in [1.29, 1.82) is 0 Å². The first kappa shape index (κ1) is 12.3. The molecule has 0 amide bonds. The van der Waals surface area contributed by atoms with E-state index in [1.807, 2.05) is 0 Å². The van der Waals surface area contributed by atoms with Crippen molar-refractivity contribution in [2.75, 3.05) is 0 Å². The molecule has 0 saturated heterocycles. The van der Waals surface area contributed by atoms with E-state index in [-0.39, 0.29) is 5.95 Å². The van der Waals surface area contributed by atoms with Gasteiger partial charge in [0, 0.05) is 12.4 Å². The molecule has 0 spiro atoms. The lowest BCUT2D eigenvalue weighted by Crippen LogP contribution is -2.16. The van der Waals surface area contributed by atoms with Crippen molar-refractivity contribution in [2.24, 2.45) is 0 Å². The zero-order valence-corrected chi connectivity index (χ0v) is 9.16. The molecule has 0 N–H and O–H groups in total. The van der Waals surface area contributed by atoms with Crippen molar-refractivity contribution >= 4 is 11.4 Å². The fraction of sp³-hybridized carbons (Fsp3) is 0. The van der Waals surface area contributed by atoms with E-state index in [4.69, 9.17) is 0 Å². The number of hydrogen-bond donors (Lipinski definition) is 0. The number of pyridine rings is 1. The lowest BCUT2D eigenvalue weighted by molar-refractivity contribution is -0.397. The van der Waals surface area contributed by atoms with Crippen molar-refractivity contribution in [3.05, 3.63) is 61.3 Å². The molecule has 0 saturated carbocycles. The van der Waals surface area contributed by atoms with Crippen LogP contribution in [0.15, 0.2) is 35.6 Å². The number of nitro groups is 2. The third-order valence-corrected chi connectivity index (χ3v) is 2.16. The largest absolute Gasteiger partial charge is 0.340 e. The normalized spacial score (nSPS) is 10.1. The Kier molecular flexibility index (Phi) is 2.98. The van der Waals surface area contributed by atoms with Gasteiger partial charge in [-0.3, -0.25) is 29.6 Å². The molecule has 10 heteroatoms. The maximum absolute atomic E-state index is 11.5. The lowest BCUT2D eigenvalue weighted by Gasteiger charge is -2.03. The van der Waals surface area contributed by atoms with Gasteiger partial charge >= 0.3 is 16.8 Å². The van der Waals surface area contributed by atoms with Crippen LogP contribution in [0.1, 0.15) is 0 Å². The van der Waals surface area contributed by atoms with E-state index in [1.165, 1.54) is 18.5 Å². The van der Waals surface area contributed by atoms with Gasteiger partial charge < -0.3 is 0 Å². The van der Waals surface area contributed by atoms with Crippen molar-refractivity contribution < 1.29 is 9.85 Å². The van der Waals surface area contributed by atoms with Crippen LogP contribution in [0.5, 0.6) is 0 Å². The smallest absolute Gasteiger partial charge is 0.279 e. The summed E-state index contributed by atoms with van der Waals surface area (Å²) in [5.41, 5.74) is -3.09. The van der Waals surface area contributed by atoms with Gasteiger partial charge in [-0.25, -0.2) is 9.97 Å². The Labute approximate surface area is 104 Å². The minimum atomic E-state index is -1.26. The molecule has 0 aromatic carbocycles. The molecule has 2 heterocycles. The van der Waals surface area contributed by atoms with E-state index >= 15 is 0 Å². The van der Waals surface area contributed by atoms with Gasteiger partial charge in [0.25, 0.3) is 0 Å². The zero-order chi connectivity index (χ0) is 14.0. The van der Waals surface area contributed by atoms with E-state index in [2.05, 4.69) is 9.97 Å². The maximum Gasteiger partial charge on any atom is 0.340 e. The number of rotatable bonds is 3. The minimum absolute atomic E-state index is 0.0197. The van der Waals surface area contributed by atoms with E-state index in [0.717, 1.165) is 17.0 Å². The lowest BCUT2D eigenvalue weighted by atomic mass is 10.3.